The van der Waals surface area contributed by atoms with Crippen molar-refractivity contribution in [2.24, 2.45) is 4.99 Å². The monoisotopic (exact) mass is 331 g/mol. The second-order valence-corrected chi connectivity index (χ2v) is 5.12. The minimum atomic E-state index is 0.633. The average molecular weight is 331 g/mol. The molecule has 7 nitrogen and oxygen atoms in total. The number of hydrogen-bond donors (Lipinski definition) is 2. The molecule has 0 unspecified atom stereocenters. The van der Waals surface area contributed by atoms with E-state index in [-0.39, 0.29) is 0 Å². The van der Waals surface area contributed by atoms with E-state index < -0.39 is 0 Å². The first-order chi connectivity index (χ1) is 11.8. The number of nitrogens with zero attached hydrogens (tertiary/aromatic N) is 3. The largest absolute Gasteiger partial charge is 0.493 e. The molecular formula is C17H25N5O2. The van der Waals surface area contributed by atoms with E-state index in [1.807, 2.05) is 41.2 Å². The van der Waals surface area contributed by atoms with Crippen LogP contribution in [-0.2, 0) is 11.3 Å². The van der Waals surface area contributed by atoms with E-state index >= 15 is 0 Å². The first kappa shape index (κ1) is 17.8. The Morgan fingerprint density at radius 1 is 1.29 bits per heavy atom. The van der Waals surface area contributed by atoms with Crippen LogP contribution in [-0.4, -0.2) is 49.7 Å². The highest BCUT2D eigenvalue weighted by atomic mass is 16.5. The van der Waals surface area contributed by atoms with Crippen molar-refractivity contribution in [3.8, 4) is 5.75 Å². The summed E-state index contributed by atoms with van der Waals surface area (Å²) in [6, 6.07) is 9.72. The molecule has 0 bridgehead atoms. The van der Waals surface area contributed by atoms with Crippen LogP contribution in [0.3, 0.4) is 0 Å². The van der Waals surface area contributed by atoms with Gasteiger partial charge in [-0.15, -0.1) is 0 Å². The number of anilines is 1. The van der Waals surface area contributed by atoms with E-state index in [0.717, 1.165) is 30.9 Å². The zero-order valence-corrected chi connectivity index (χ0v) is 14.2. The van der Waals surface area contributed by atoms with Gasteiger partial charge in [-0.1, -0.05) is 6.07 Å². The summed E-state index contributed by atoms with van der Waals surface area (Å²) in [4.78, 5) is 4.23. The molecule has 0 atom stereocenters. The third-order valence-corrected chi connectivity index (χ3v) is 3.27. The van der Waals surface area contributed by atoms with Gasteiger partial charge in [0.25, 0.3) is 0 Å². The molecule has 130 valence electrons. The van der Waals surface area contributed by atoms with E-state index in [4.69, 9.17) is 9.47 Å². The summed E-state index contributed by atoms with van der Waals surface area (Å²) in [5, 5.41) is 10.7. The first-order valence-electron chi connectivity index (χ1n) is 7.98. The van der Waals surface area contributed by atoms with Gasteiger partial charge in [0.2, 0.25) is 0 Å². The smallest absolute Gasteiger partial charge is 0.195 e. The van der Waals surface area contributed by atoms with Crippen molar-refractivity contribution >= 4 is 11.6 Å². The molecule has 0 radical (unpaired) electrons. The fourth-order valence-corrected chi connectivity index (χ4v) is 2.09. The zero-order valence-electron chi connectivity index (χ0n) is 14.2. The highest BCUT2D eigenvalue weighted by Gasteiger charge is 2.01. The maximum Gasteiger partial charge on any atom is 0.195 e. The molecule has 1 heterocycles. The summed E-state index contributed by atoms with van der Waals surface area (Å²) >= 11 is 0. The lowest BCUT2D eigenvalue weighted by Crippen LogP contribution is -2.33. The molecule has 2 rings (SSSR count). The topological polar surface area (TPSA) is 72.7 Å². The van der Waals surface area contributed by atoms with Crippen molar-refractivity contribution in [1.29, 1.82) is 0 Å². The maximum absolute atomic E-state index is 5.70. The van der Waals surface area contributed by atoms with Gasteiger partial charge < -0.3 is 20.1 Å². The van der Waals surface area contributed by atoms with Gasteiger partial charge in [0.1, 0.15) is 5.75 Å². The molecule has 0 saturated heterocycles. The highest BCUT2D eigenvalue weighted by molar-refractivity contribution is 5.93. The van der Waals surface area contributed by atoms with Crippen LogP contribution in [0.2, 0.25) is 0 Å². The van der Waals surface area contributed by atoms with Crippen molar-refractivity contribution in [2.75, 3.05) is 39.2 Å². The zero-order chi connectivity index (χ0) is 17.0. The highest BCUT2D eigenvalue weighted by Crippen LogP contribution is 2.17. The minimum absolute atomic E-state index is 0.633. The molecule has 0 saturated carbocycles. The van der Waals surface area contributed by atoms with Crippen LogP contribution in [0.5, 0.6) is 5.75 Å². The minimum Gasteiger partial charge on any atom is -0.493 e. The molecule has 1 aromatic carbocycles. The predicted octanol–water partition coefficient (Wildman–Crippen LogP) is 1.99. The van der Waals surface area contributed by atoms with Gasteiger partial charge in [-0.3, -0.25) is 9.67 Å². The van der Waals surface area contributed by atoms with Crippen LogP contribution in [0.1, 0.15) is 6.42 Å². The summed E-state index contributed by atoms with van der Waals surface area (Å²) in [5.41, 5.74) is 0.923. The van der Waals surface area contributed by atoms with Crippen LogP contribution < -0.4 is 15.4 Å². The number of methoxy groups -OCH3 is 1. The second kappa shape index (κ2) is 10.3. The number of aliphatic imine (C=N–C) groups is 1. The molecule has 0 spiro atoms. The molecular weight excluding hydrogens is 306 g/mol. The lowest BCUT2D eigenvalue weighted by Gasteiger charge is -2.13. The van der Waals surface area contributed by atoms with Crippen LogP contribution in [0, 0.1) is 0 Å². The fraction of sp³-hybridized carbons (Fsp3) is 0.412. The predicted molar refractivity (Wildman–Crippen MR) is 95.6 cm³/mol. The Morgan fingerprint density at radius 2 is 2.21 bits per heavy atom. The Kier molecular flexibility index (Phi) is 7.62. The van der Waals surface area contributed by atoms with E-state index in [1.54, 1.807) is 20.4 Å². The second-order valence-electron chi connectivity index (χ2n) is 5.12. The molecule has 1 aromatic heterocycles. The van der Waals surface area contributed by atoms with E-state index in [9.17, 15) is 0 Å². The normalized spacial score (nSPS) is 11.3. The van der Waals surface area contributed by atoms with Crippen LogP contribution in [0.15, 0.2) is 47.7 Å². The van der Waals surface area contributed by atoms with Crippen molar-refractivity contribution in [2.45, 2.75) is 13.0 Å². The molecule has 2 aromatic rings. The van der Waals surface area contributed by atoms with Crippen molar-refractivity contribution in [3.05, 3.63) is 42.7 Å². The van der Waals surface area contributed by atoms with Crippen LogP contribution in [0.25, 0.3) is 0 Å². The number of hydrogen-bond acceptors (Lipinski definition) is 4. The van der Waals surface area contributed by atoms with Gasteiger partial charge >= 0.3 is 0 Å². The molecule has 7 heteroatoms. The molecule has 2 N–H and O–H groups in total. The Morgan fingerprint density at radius 3 is 2.96 bits per heavy atom. The number of rotatable bonds is 9. The molecule has 0 fully saturated rings. The van der Waals surface area contributed by atoms with Gasteiger partial charge in [0.05, 0.1) is 13.2 Å². The van der Waals surface area contributed by atoms with Gasteiger partial charge in [-0.05, 0) is 18.2 Å². The van der Waals surface area contributed by atoms with Gasteiger partial charge in [-0.2, -0.15) is 5.10 Å². The maximum atomic E-state index is 5.70. The molecule has 0 amide bonds. The first-order valence-corrected chi connectivity index (χ1v) is 7.98. The van der Waals surface area contributed by atoms with Crippen LogP contribution in [0.4, 0.5) is 5.69 Å². The molecule has 24 heavy (non-hydrogen) atoms. The number of benzene rings is 1. The number of ether oxygens (including phenoxy) is 2. The summed E-state index contributed by atoms with van der Waals surface area (Å²) in [5.74, 6) is 1.53. The van der Waals surface area contributed by atoms with Gasteiger partial charge in [-0.25, -0.2) is 0 Å². The standard InChI is InChI=1S/C17H25N5O2/c1-18-17(19-9-11-22-10-4-8-20-22)21-15-6-3-7-16(14-15)24-13-5-12-23-2/h3-4,6-8,10,14H,5,9,11-13H2,1-2H3,(H2,18,19,21). The number of nitrogens with one attached hydrogen (secondary N) is 2. The Hall–Kier alpha value is -2.54. The Balaban J connectivity index is 1.79. The SMILES string of the molecule is CN=C(NCCn1cccn1)Nc1cccc(OCCCOC)c1. The lowest BCUT2D eigenvalue weighted by atomic mass is 10.3. The molecule has 0 aliphatic carbocycles. The van der Waals surface area contributed by atoms with Crippen molar-refractivity contribution in [1.82, 2.24) is 15.1 Å². The van der Waals surface area contributed by atoms with E-state index in [0.29, 0.717) is 19.2 Å². The third-order valence-electron chi connectivity index (χ3n) is 3.27. The molecule has 0 aliphatic heterocycles. The number of guanidine groups is 1. The summed E-state index contributed by atoms with van der Waals surface area (Å²) < 4.78 is 12.6. The quantitative estimate of drug-likeness (QED) is 0.418. The lowest BCUT2D eigenvalue weighted by molar-refractivity contribution is 0.172. The fourth-order valence-electron chi connectivity index (χ4n) is 2.09. The number of aromatic nitrogens is 2. The molecule has 0 aliphatic rings. The average Bonchev–Trinajstić information content (AvgIpc) is 3.12. The third kappa shape index (κ3) is 6.29. The van der Waals surface area contributed by atoms with Crippen LogP contribution >= 0.6 is 0 Å². The van der Waals surface area contributed by atoms with Crippen molar-refractivity contribution < 1.29 is 9.47 Å². The van der Waals surface area contributed by atoms with E-state index in [1.165, 1.54) is 0 Å². The summed E-state index contributed by atoms with van der Waals surface area (Å²) in [6.45, 7) is 2.84. The van der Waals surface area contributed by atoms with Gasteiger partial charge in [0.15, 0.2) is 5.96 Å². The van der Waals surface area contributed by atoms with Crippen molar-refractivity contribution in [3.63, 3.8) is 0 Å². The Labute approximate surface area is 142 Å². The van der Waals surface area contributed by atoms with E-state index in [2.05, 4.69) is 20.7 Å². The van der Waals surface area contributed by atoms with Gasteiger partial charge in [0, 0.05) is 57.9 Å². The Bertz CT molecular complexity index is 613. The summed E-state index contributed by atoms with van der Waals surface area (Å²) in [7, 11) is 3.43. The summed E-state index contributed by atoms with van der Waals surface area (Å²) in [6.07, 6.45) is 4.57.